The number of halogens is 1. The summed E-state index contributed by atoms with van der Waals surface area (Å²) in [4.78, 5) is 5.86. The van der Waals surface area contributed by atoms with Crippen molar-refractivity contribution < 1.29 is 9.50 Å². The van der Waals surface area contributed by atoms with E-state index >= 15 is 0 Å². The zero-order valence-corrected chi connectivity index (χ0v) is 6.63. The molecule has 0 aliphatic heterocycles. The van der Waals surface area contributed by atoms with E-state index in [9.17, 15) is 4.39 Å². The molecule has 1 heterocycles. The van der Waals surface area contributed by atoms with Gasteiger partial charge in [0.15, 0.2) is 0 Å². The molecule has 1 N–H and O–H groups in total. The minimum Gasteiger partial charge on any atom is -0.396 e. The Bertz CT molecular complexity index is 337. The molecule has 0 radical (unpaired) electrons. The van der Waals surface area contributed by atoms with Crippen LogP contribution >= 0.6 is 0 Å². The molecule has 0 saturated heterocycles. The number of aromatic nitrogens is 1. The third-order valence-corrected chi connectivity index (χ3v) is 1.51. The summed E-state index contributed by atoms with van der Waals surface area (Å²) < 4.78 is 12.9. The van der Waals surface area contributed by atoms with Crippen LogP contribution in [0.25, 0.3) is 10.4 Å². The van der Waals surface area contributed by atoms with Crippen LogP contribution in [0.3, 0.4) is 0 Å². The molecule has 0 bridgehead atoms. The van der Waals surface area contributed by atoms with E-state index in [1.807, 2.05) is 0 Å². The third-order valence-electron chi connectivity index (χ3n) is 1.51. The molecule has 0 amide bonds. The van der Waals surface area contributed by atoms with Gasteiger partial charge in [-0.25, -0.2) is 4.98 Å². The molecule has 1 atom stereocenters. The number of rotatable bonds is 3. The molecule has 1 aromatic rings. The monoisotopic (exact) mass is 182 g/mol. The van der Waals surface area contributed by atoms with E-state index in [0.717, 1.165) is 0 Å². The van der Waals surface area contributed by atoms with Gasteiger partial charge in [-0.05, 0) is 11.6 Å². The van der Waals surface area contributed by atoms with Crippen LogP contribution in [0.4, 0.5) is 4.39 Å². The Morgan fingerprint density at radius 1 is 1.77 bits per heavy atom. The number of nitrogens with zero attached hydrogens (tertiary/aromatic N) is 4. The predicted molar refractivity (Wildman–Crippen MR) is 43.2 cm³/mol. The second kappa shape index (κ2) is 4.39. The van der Waals surface area contributed by atoms with Gasteiger partial charge in [-0.1, -0.05) is 11.2 Å². The highest BCUT2D eigenvalue weighted by Gasteiger charge is 2.12. The van der Waals surface area contributed by atoms with Gasteiger partial charge in [-0.15, -0.1) is 0 Å². The zero-order chi connectivity index (χ0) is 9.68. The van der Waals surface area contributed by atoms with Crippen molar-refractivity contribution >= 4 is 0 Å². The van der Waals surface area contributed by atoms with Gasteiger partial charge >= 0.3 is 0 Å². The Labute approximate surface area is 73.5 Å². The number of hydrogen-bond acceptors (Lipinski definition) is 3. The normalized spacial score (nSPS) is 11.8. The van der Waals surface area contributed by atoms with E-state index in [1.165, 1.54) is 18.3 Å². The molecule has 68 valence electrons. The Morgan fingerprint density at radius 3 is 3.08 bits per heavy atom. The Morgan fingerprint density at radius 2 is 2.54 bits per heavy atom. The van der Waals surface area contributed by atoms with Gasteiger partial charge in [0.25, 0.3) is 0 Å². The highest BCUT2D eigenvalue weighted by atomic mass is 19.1. The number of aliphatic hydroxyl groups excluding tert-OH is 1. The van der Waals surface area contributed by atoms with Gasteiger partial charge < -0.3 is 5.11 Å². The lowest BCUT2D eigenvalue weighted by atomic mass is 10.1. The zero-order valence-electron chi connectivity index (χ0n) is 6.63. The number of pyridine rings is 1. The van der Waals surface area contributed by atoms with Gasteiger partial charge in [-0.3, -0.25) is 0 Å². The lowest BCUT2D eigenvalue weighted by Crippen LogP contribution is -2.03. The fraction of sp³-hybridized carbons (Fsp3) is 0.286. The molecule has 1 unspecified atom stereocenters. The first-order valence-electron chi connectivity index (χ1n) is 3.55. The number of hydrogen-bond donors (Lipinski definition) is 1. The summed E-state index contributed by atoms with van der Waals surface area (Å²) in [5.41, 5.74) is 8.22. The molecule has 0 aromatic carbocycles. The molecule has 5 nitrogen and oxygen atoms in total. The maximum absolute atomic E-state index is 12.9. The molecule has 0 saturated carbocycles. The van der Waals surface area contributed by atoms with E-state index in [0.29, 0.717) is 0 Å². The molecule has 0 fully saturated rings. The highest BCUT2D eigenvalue weighted by Crippen LogP contribution is 2.18. The van der Waals surface area contributed by atoms with Gasteiger partial charge in [0.1, 0.15) is 0 Å². The topological polar surface area (TPSA) is 81.9 Å². The van der Waals surface area contributed by atoms with Crippen molar-refractivity contribution in [3.05, 3.63) is 40.3 Å². The lowest BCUT2D eigenvalue weighted by Gasteiger charge is -2.06. The molecule has 1 rings (SSSR count). The van der Waals surface area contributed by atoms with Crippen LogP contribution in [-0.4, -0.2) is 16.7 Å². The lowest BCUT2D eigenvalue weighted by molar-refractivity contribution is 0.264. The van der Waals surface area contributed by atoms with E-state index in [4.69, 9.17) is 10.6 Å². The quantitative estimate of drug-likeness (QED) is 0.333. The maximum atomic E-state index is 12.9. The average Bonchev–Trinajstić information content (AvgIpc) is 2.16. The van der Waals surface area contributed by atoms with Crippen LogP contribution in [0.5, 0.6) is 0 Å². The van der Waals surface area contributed by atoms with Gasteiger partial charge in [0.05, 0.1) is 12.6 Å². The Hall–Kier alpha value is -1.65. The summed E-state index contributed by atoms with van der Waals surface area (Å²) in [6.07, 6.45) is 1.28. The van der Waals surface area contributed by atoms with Crippen molar-refractivity contribution in [3.8, 4) is 0 Å². The van der Waals surface area contributed by atoms with Gasteiger partial charge in [-0.2, -0.15) is 4.39 Å². The third kappa shape index (κ3) is 2.14. The standard InChI is InChI=1S/C7H7FN4O/c8-7-5(2-1-3-10-7)6(4-13)11-12-9/h1-3,6,13H,4H2. The molecule has 0 aliphatic carbocycles. The van der Waals surface area contributed by atoms with Crippen molar-refractivity contribution in [2.75, 3.05) is 6.61 Å². The smallest absolute Gasteiger partial charge is 0.216 e. The Balaban J connectivity index is 3.04. The minimum atomic E-state index is -0.904. The summed E-state index contributed by atoms with van der Waals surface area (Å²) >= 11 is 0. The van der Waals surface area contributed by atoms with Crippen LogP contribution < -0.4 is 0 Å². The van der Waals surface area contributed by atoms with E-state index in [1.54, 1.807) is 0 Å². The molecule has 13 heavy (non-hydrogen) atoms. The van der Waals surface area contributed by atoms with Gasteiger partial charge in [0, 0.05) is 16.7 Å². The SMILES string of the molecule is [N-]=[N+]=NC(CO)c1cccnc1F. The van der Waals surface area contributed by atoms with Crippen LogP contribution in [-0.2, 0) is 0 Å². The first kappa shape index (κ1) is 9.44. The molecule has 0 aliphatic rings. The van der Waals surface area contributed by atoms with E-state index in [-0.39, 0.29) is 5.56 Å². The van der Waals surface area contributed by atoms with E-state index in [2.05, 4.69) is 15.0 Å². The number of aliphatic hydroxyl groups is 1. The maximum Gasteiger partial charge on any atom is 0.216 e. The summed E-state index contributed by atoms with van der Waals surface area (Å²) in [6, 6.07) is 2.02. The summed E-state index contributed by atoms with van der Waals surface area (Å²) in [6.45, 7) is -0.438. The second-order valence-electron chi connectivity index (χ2n) is 2.29. The Kier molecular flexibility index (Phi) is 3.19. The molecule has 6 heteroatoms. The van der Waals surface area contributed by atoms with Crippen molar-refractivity contribution in [1.29, 1.82) is 0 Å². The van der Waals surface area contributed by atoms with Crippen molar-refractivity contribution in [2.24, 2.45) is 5.11 Å². The van der Waals surface area contributed by atoms with Crippen molar-refractivity contribution in [3.63, 3.8) is 0 Å². The van der Waals surface area contributed by atoms with Crippen LogP contribution in [0.2, 0.25) is 0 Å². The molecular formula is C7H7FN4O. The van der Waals surface area contributed by atoms with E-state index < -0.39 is 18.6 Å². The van der Waals surface area contributed by atoms with Crippen molar-refractivity contribution in [2.45, 2.75) is 6.04 Å². The molecule has 1 aromatic heterocycles. The predicted octanol–water partition coefficient (Wildman–Crippen LogP) is 1.56. The minimum absolute atomic E-state index is 0.0998. The van der Waals surface area contributed by atoms with Crippen LogP contribution in [0.1, 0.15) is 11.6 Å². The summed E-state index contributed by atoms with van der Waals surface area (Å²) in [5, 5.41) is 12.0. The summed E-state index contributed by atoms with van der Waals surface area (Å²) in [5.74, 6) is -0.728. The fourth-order valence-corrected chi connectivity index (χ4v) is 0.906. The number of azide groups is 1. The largest absolute Gasteiger partial charge is 0.396 e. The second-order valence-corrected chi connectivity index (χ2v) is 2.29. The summed E-state index contributed by atoms with van der Waals surface area (Å²) in [7, 11) is 0. The van der Waals surface area contributed by atoms with Crippen LogP contribution in [0.15, 0.2) is 23.4 Å². The van der Waals surface area contributed by atoms with Crippen LogP contribution in [0, 0.1) is 5.95 Å². The first-order chi connectivity index (χ1) is 6.29. The molecule has 0 spiro atoms. The first-order valence-corrected chi connectivity index (χ1v) is 3.55. The average molecular weight is 182 g/mol. The van der Waals surface area contributed by atoms with Gasteiger partial charge in [0.2, 0.25) is 5.95 Å². The highest BCUT2D eigenvalue weighted by molar-refractivity contribution is 5.15. The molecular weight excluding hydrogens is 175 g/mol. The van der Waals surface area contributed by atoms with Crippen molar-refractivity contribution in [1.82, 2.24) is 4.98 Å². The fourth-order valence-electron chi connectivity index (χ4n) is 0.906.